The molecule has 282 valence electrons. The summed E-state index contributed by atoms with van der Waals surface area (Å²) in [6, 6.07) is 13.8. The smallest absolute Gasteiger partial charge is 0.272 e. The van der Waals surface area contributed by atoms with Gasteiger partial charge in [0.25, 0.3) is 17.4 Å². The summed E-state index contributed by atoms with van der Waals surface area (Å²) in [4.78, 5) is 27.0. The predicted molar refractivity (Wildman–Crippen MR) is 191 cm³/mol. The molecular formula is C36H34F2N6O10. The van der Waals surface area contributed by atoms with Gasteiger partial charge >= 0.3 is 0 Å². The first-order valence-corrected chi connectivity index (χ1v) is 15.9. The number of ether oxygens (including phenoxy) is 8. The van der Waals surface area contributed by atoms with E-state index in [0.29, 0.717) is 64.8 Å². The van der Waals surface area contributed by atoms with Crippen molar-refractivity contribution in [3.63, 3.8) is 0 Å². The summed E-state index contributed by atoms with van der Waals surface area (Å²) in [7, 11) is 6.06. The average molecular weight is 749 g/mol. The summed E-state index contributed by atoms with van der Waals surface area (Å²) in [5.74, 6) is 0.355. The van der Waals surface area contributed by atoms with E-state index in [2.05, 4.69) is 19.9 Å². The van der Waals surface area contributed by atoms with E-state index < -0.39 is 16.6 Å². The van der Waals surface area contributed by atoms with E-state index in [9.17, 15) is 18.9 Å². The van der Waals surface area contributed by atoms with Crippen molar-refractivity contribution in [1.29, 1.82) is 0 Å². The van der Waals surface area contributed by atoms with Crippen molar-refractivity contribution in [2.45, 2.75) is 0 Å². The first kappa shape index (κ1) is 38.6. The quantitative estimate of drug-likeness (QED) is 0.0505. The Balaban J connectivity index is 0.000000208. The van der Waals surface area contributed by atoms with Crippen molar-refractivity contribution in [3.05, 3.63) is 94.8 Å². The maximum absolute atomic E-state index is 14.2. The van der Waals surface area contributed by atoms with Crippen molar-refractivity contribution in [1.82, 2.24) is 19.9 Å². The van der Waals surface area contributed by atoms with Crippen LogP contribution in [-0.4, -0.2) is 79.7 Å². The van der Waals surface area contributed by atoms with E-state index in [-0.39, 0.29) is 41.3 Å². The summed E-state index contributed by atoms with van der Waals surface area (Å²) in [5.41, 5.74) is 6.19. The minimum atomic E-state index is -0.864. The van der Waals surface area contributed by atoms with Gasteiger partial charge in [-0.2, -0.15) is 9.97 Å². The zero-order chi connectivity index (χ0) is 38.6. The lowest BCUT2D eigenvalue weighted by molar-refractivity contribution is -0.385. The van der Waals surface area contributed by atoms with Gasteiger partial charge < -0.3 is 43.6 Å². The molecule has 0 saturated carbocycles. The fourth-order valence-corrected chi connectivity index (χ4v) is 4.70. The highest BCUT2D eigenvalue weighted by molar-refractivity contribution is 5.85. The number of pyridine rings is 4. The van der Waals surface area contributed by atoms with E-state index in [1.807, 2.05) is 0 Å². The number of nitrogen functional groups attached to an aromatic ring is 1. The number of hydrogen-bond acceptors (Lipinski definition) is 15. The lowest BCUT2D eigenvalue weighted by atomic mass is 10.2. The lowest BCUT2D eigenvalue weighted by Gasteiger charge is -2.13. The zero-order valence-corrected chi connectivity index (χ0v) is 29.4. The molecule has 0 unspecified atom stereocenters. The van der Waals surface area contributed by atoms with Crippen LogP contribution in [0.25, 0.3) is 22.1 Å². The molecule has 0 saturated heterocycles. The molecule has 2 aromatic carbocycles. The Morgan fingerprint density at radius 1 is 0.630 bits per heavy atom. The number of anilines is 1. The molecular weight excluding hydrogens is 714 g/mol. The topological polar surface area (TPSA) is 195 Å². The molecule has 0 atom stereocenters. The highest BCUT2D eigenvalue weighted by Crippen LogP contribution is 2.37. The maximum atomic E-state index is 14.2. The van der Waals surface area contributed by atoms with Gasteiger partial charge in [0.05, 0.1) is 49.2 Å². The van der Waals surface area contributed by atoms with Gasteiger partial charge in [-0.1, -0.05) is 0 Å². The van der Waals surface area contributed by atoms with Gasteiger partial charge in [0, 0.05) is 56.6 Å². The van der Waals surface area contributed by atoms with Crippen LogP contribution in [0.2, 0.25) is 0 Å². The Kier molecular flexibility index (Phi) is 13.0. The van der Waals surface area contributed by atoms with Crippen molar-refractivity contribution in [3.8, 4) is 46.3 Å². The van der Waals surface area contributed by atoms with Gasteiger partial charge in [-0.05, 0) is 30.3 Å². The molecule has 0 radical (unpaired) electrons. The maximum Gasteiger partial charge on any atom is 0.272 e. The molecule has 6 rings (SSSR count). The lowest BCUT2D eigenvalue weighted by Crippen LogP contribution is -2.06. The molecule has 0 bridgehead atoms. The van der Waals surface area contributed by atoms with Gasteiger partial charge in [0.2, 0.25) is 0 Å². The molecule has 0 aliphatic heterocycles. The number of fused-ring (bicyclic) bond motifs is 2. The van der Waals surface area contributed by atoms with E-state index in [1.165, 1.54) is 50.9 Å². The molecule has 2 N–H and O–H groups in total. The molecule has 6 aromatic rings. The zero-order valence-electron chi connectivity index (χ0n) is 29.4. The predicted octanol–water partition coefficient (Wildman–Crippen LogP) is 6.68. The third kappa shape index (κ3) is 9.41. The van der Waals surface area contributed by atoms with Gasteiger partial charge in [0.1, 0.15) is 24.7 Å². The Labute approximate surface area is 306 Å². The number of benzene rings is 2. The van der Waals surface area contributed by atoms with E-state index in [4.69, 9.17) is 43.6 Å². The summed E-state index contributed by atoms with van der Waals surface area (Å²) in [6.45, 7) is 1.37. The Morgan fingerprint density at radius 2 is 1.11 bits per heavy atom. The first-order chi connectivity index (χ1) is 26.1. The minimum Gasteiger partial charge on any atom is -0.486 e. The fraction of sp³-hybridized carbons (Fsp3) is 0.222. The molecule has 4 heterocycles. The van der Waals surface area contributed by atoms with Gasteiger partial charge in [-0.25, -0.2) is 18.7 Å². The van der Waals surface area contributed by atoms with Crippen LogP contribution in [0.4, 0.5) is 20.2 Å². The van der Waals surface area contributed by atoms with Crippen LogP contribution in [0, 0.1) is 21.7 Å². The molecule has 54 heavy (non-hydrogen) atoms. The van der Waals surface area contributed by atoms with Crippen molar-refractivity contribution >= 4 is 33.4 Å². The molecule has 4 aromatic heterocycles. The number of halogens is 2. The van der Waals surface area contributed by atoms with Crippen LogP contribution >= 0.6 is 0 Å². The average Bonchev–Trinajstić information content (AvgIpc) is 3.16. The van der Waals surface area contributed by atoms with Gasteiger partial charge in [-0.15, -0.1) is 0 Å². The minimum absolute atomic E-state index is 0.0457. The van der Waals surface area contributed by atoms with Crippen LogP contribution in [0.1, 0.15) is 0 Å². The standard InChI is InChI=1S/C18H16FN3O6.C18H18FN3O4/c1-25-7-8-27-16-10-12-14(5-6-20-17(12)21-18(16)26-2)28-15-4-3-11(22(23)24)9-13(15)19;1-23-7-8-25-16-10-12-14(5-6-21-17(12)22-18(16)24-2)26-15-4-3-11(20)9-13(15)19/h3-6,9-10H,7-8H2,1-2H3;3-6,9-10H,7-8,20H2,1-2H3. The number of nitro groups is 1. The second-order valence-electron chi connectivity index (χ2n) is 10.8. The van der Waals surface area contributed by atoms with Crippen molar-refractivity contribution in [2.24, 2.45) is 0 Å². The van der Waals surface area contributed by atoms with Crippen LogP contribution in [0.15, 0.2) is 73.1 Å². The van der Waals surface area contributed by atoms with Crippen LogP contribution in [-0.2, 0) is 9.47 Å². The number of non-ortho nitro benzene ring substituents is 1. The van der Waals surface area contributed by atoms with Gasteiger partial charge in [-0.3, -0.25) is 10.1 Å². The Bertz CT molecular complexity index is 2250. The van der Waals surface area contributed by atoms with Gasteiger partial charge in [0.15, 0.2) is 45.9 Å². The number of aromatic nitrogens is 4. The number of nitrogens with zero attached hydrogens (tertiary/aromatic N) is 5. The number of hydrogen-bond donors (Lipinski definition) is 1. The molecule has 0 aliphatic rings. The number of nitro benzene ring substituents is 1. The molecule has 0 spiro atoms. The van der Waals surface area contributed by atoms with E-state index >= 15 is 0 Å². The van der Waals surface area contributed by atoms with E-state index in [0.717, 1.165) is 12.1 Å². The third-order valence-electron chi connectivity index (χ3n) is 7.24. The number of methoxy groups -OCH3 is 4. The summed E-state index contributed by atoms with van der Waals surface area (Å²) in [5, 5.41) is 11.8. The van der Waals surface area contributed by atoms with Crippen LogP contribution in [0.5, 0.6) is 46.3 Å². The molecule has 16 nitrogen and oxygen atoms in total. The summed E-state index contributed by atoms with van der Waals surface area (Å²) >= 11 is 0. The third-order valence-corrected chi connectivity index (χ3v) is 7.24. The van der Waals surface area contributed by atoms with Crippen molar-refractivity contribution in [2.75, 3.05) is 60.6 Å². The Morgan fingerprint density at radius 3 is 1.54 bits per heavy atom. The van der Waals surface area contributed by atoms with Crippen LogP contribution in [0.3, 0.4) is 0 Å². The van der Waals surface area contributed by atoms with Crippen LogP contribution < -0.4 is 34.2 Å². The second kappa shape index (κ2) is 18.2. The fourth-order valence-electron chi connectivity index (χ4n) is 4.70. The highest BCUT2D eigenvalue weighted by atomic mass is 19.1. The highest BCUT2D eigenvalue weighted by Gasteiger charge is 2.18. The molecule has 0 fully saturated rings. The summed E-state index contributed by atoms with van der Waals surface area (Å²) < 4.78 is 71.2. The molecule has 18 heteroatoms. The van der Waals surface area contributed by atoms with E-state index in [1.54, 1.807) is 38.5 Å². The number of rotatable bonds is 15. The molecule has 0 aliphatic carbocycles. The number of nitrogens with two attached hydrogens (primary N) is 1. The summed E-state index contributed by atoms with van der Waals surface area (Å²) in [6.07, 6.45) is 2.96. The normalized spacial score (nSPS) is 10.7. The Hall–Kier alpha value is -6.66. The second-order valence-corrected chi connectivity index (χ2v) is 10.8. The largest absolute Gasteiger partial charge is 0.486 e. The first-order valence-electron chi connectivity index (χ1n) is 15.9. The molecule has 0 amide bonds. The monoisotopic (exact) mass is 748 g/mol. The SMILES string of the molecule is COCCOc1cc2c(Oc3ccc(N)cc3F)ccnc2nc1OC.COCCOc1cc2c(Oc3ccc([N+](=O)[O-])cc3F)ccnc2nc1OC. The van der Waals surface area contributed by atoms with Crippen molar-refractivity contribution < 1.29 is 51.6 Å².